The third kappa shape index (κ3) is 5.24. The molecule has 4 aromatic rings. The van der Waals surface area contributed by atoms with E-state index in [1.165, 1.54) is 0 Å². The lowest BCUT2D eigenvalue weighted by atomic mass is 10.1. The first-order chi connectivity index (χ1) is 15.1. The van der Waals surface area contributed by atoms with Gasteiger partial charge in [0.25, 0.3) is 5.91 Å². The predicted molar refractivity (Wildman–Crippen MR) is 118 cm³/mol. The maximum absolute atomic E-state index is 12.4. The van der Waals surface area contributed by atoms with Gasteiger partial charge < -0.3 is 19.3 Å². The molecule has 156 valence electrons. The number of ether oxygens (including phenoxy) is 2. The third-order valence-corrected chi connectivity index (χ3v) is 4.80. The number of carbonyl (C=O) groups excluding carboxylic acids is 1. The van der Waals surface area contributed by atoms with Crippen molar-refractivity contribution < 1.29 is 18.8 Å². The molecule has 0 bridgehead atoms. The van der Waals surface area contributed by atoms with Crippen molar-refractivity contribution in [2.45, 2.75) is 6.54 Å². The second-order valence-electron chi connectivity index (χ2n) is 6.69. The summed E-state index contributed by atoms with van der Waals surface area (Å²) in [5, 5.41) is 7.31. The smallest absolute Gasteiger partial charge is 0.273 e. The van der Waals surface area contributed by atoms with Gasteiger partial charge >= 0.3 is 0 Å². The van der Waals surface area contributed by atoms with Crippen LogP contribution in [-0.2, 0) is 6.54 Å². The molecule has 31 heavy (non-hydrogen) atoms. The molecule has 0 aliphatic carbocycles. The molecule has 1 heterocycles. The molecule has 7 heteroatoms. The minimum atomic E-state index is -0.317. The van der Waals surface area contributed by atoms with Crippen LogP contribution < -0.4 is 14.8 Å². The molecule has 0 radical (unpaired) electrons. The van der Waals surface area contributed by atoms with Crippen LogP contribution in [0.1, 0.15) is 16.1 Å². The fourth-order valence-corrected chi connectivity index (χ4v) is 2.99. The number of hydrogen-bond acceptors (Lipinski definition) is 5. The summed E-state index contributed by atoms with van der Waals surface area (Å²) in [6.07, 6.45) is 0. The Kier molecular flexibility index (Phi) is 6.19. The molecule has 0 aliphatic heterocycles. The predicted octanol–water partition coefficient (Wildman–Crippen LogP) is 5.73. The topological polar surface area (TPSA) is 73.6 Å². The van der Waals surface area contributed by atoms with E-state index in [9.17, 15) is 4.79 Å². The number of aromatic nitrogens is 1. The number of rotatable bonds is 7. The van der Waals surface area contributed by atoms with E-state index in [1.54, 1.807) is 37.4 Å². The van der Waals surface area contributed by atoms with Gasteiger partial charge in [0, 0.05) is 23.2 Å². The van der Waals surface area contributed by atoms with Crippen molar-refractivity contribution in [2.24, 2.45) is 0 Å². The number of amides is 1. The van der Waals surface area contributed by atoms with Gasteiger partial charge in [-0.25, -0.2) is 0 Å². The van der Waals surface area contributed by atoms with Crippen molar-refractivity contribution in [3.8, 4) is 28.6 Å². The Balaban J connectivity index is 1.32. The largest absolute Gasteiger partial charge is 0.497 e. The Morgan fingerprint density at radius 1 is 0.935 bits per heavy atom. The van der Waals surface area contributed by atoms with E-state index in [2.05, 4.69) is 10.5 Å². The van der Waals surface area contributed by atoms with Crippen LogP contribution in [0.2, 0.25) is 5.02 Å². The molecule has 4 rings (SSSR count). The molecule has 0 unspecified atom stereocenters. The normalized spacial score (nSPS) is 10.5. The average molecular weight is 435 g/mol. The van der Waals surface area contributed by atoms with E-state index in [0.717, 1.165) is 16.9 Å². The van der Waals surface area contributed by atoms with Gasteiger partial charge in [0.05, 0.1) is 7.11 Å². The molecule has 1 aromatic heterocycles. The fraction of sp³-hybridized carbons (Fsp3) is 0.0833. The molecule has 3 aromatic carbocycles. The van der Waals surface area contributed by atoms with E-state index in [4.69, 9.17) is 25.6 Å². The van der Waals surface area contributed by atoms with Gasteiger partial charge in [-0.2, -0.15) is 0 Å². The lowest BCUT2D eigenvalue weighted by Crippen LogP contribution is -2.22. The highest BCUT2D eigenvalue weighted by Crippen LogP contribution is 2.24. The summed E-state index contributed by atoms with van der Waals surface area (Å²) in [6.45, 7) is 0.352. The molecule has 0 fully saturated rings. The second kappa shape index (κ2) is 9.36. The van der Waals surface area contributed by atoms with Crippen LogP contribution in [0, 0.1) is 0 Å². The molecule has 1 amide bonds. The van der Waals surface area contributed by atoms with Crippen LogP contribution >= 0.6 is 11.6 Å². The SMILES string of the molecule is COc1ccc(Oc2ccc(CNC(=O)c3cc(-c4ccc(Cl)cc4)on3)cc2)cc1. The molecule has 0 saturated heterocycles. The Morgan fingerprint density at radius 3 is 2.19 bits per heavy atom. The van der Waals surface area contributed by atoms with Crippen LogP contribution in [0.15, 0.2) is 83.4 Å². The standard InChI is InChI=1S/C24H19ClN2O4/c1-29-19-10-12-21(13-11-19)30-20-8-2-16(3-9-20)15-26-24(28)22-14-23(31-27-22)17-4-6-18(25)7-5-17/h2-14H,15H2,1H3,(H,26,28). The van der Waals surface area contributed by atoms with Crippen molar-refractivity contribution in [2.75, 3.05) is 7.11 Å². The zero-order valence-corrected chi connectivity index (χ0v) is 17.4. The highest BCUT2D eigenvalue weighted by Gasteiger charge is 2.13. The number of nitrogens with zero attached hydrogens (tertiary/aromatic N) is 1. The van der Waals surface area contributed by atoms with Crippen LogP contribution in [0.3, 0.4) is 0 Å². The van der Waals surface area contributed by atoms with E-state index < -0.39 is 0 Å². The van der Waals surface area contributed by atoms with Gasteiger partial charge in [0.2, 0.25) is 0 Å². The van der Waals surface area contributed by atoms with Gasteiger partial charge in [-0.3, -0.25) is 4.79 Å². The quantitative estimate of drug-likeness (QED) is 0.402. The summed E-state index contributed by atoms with van der Waals surface area (Å²) in [4.78, 5) is 12.4. The summed E-state index contributed by atoms with van der Waals surface area (Å²) in [6, 6.07) is 23.5. The summed E-state index contributed by atoms with van der Waals surface area (Å²) in [7, 11) is 1.62. The monoisotopic (exact) mass is 434 g/mol. The van der Waals surface area contributed by atoms with Crippen LogP contribution in [-0.4, -0.2) is 18.2 Å². The maximum Gasteiger partial charge on any atom is 0.273 e. The molecular weight excluding hydrogens is 416 g/mol. The lowest BCUT2D eigenvalue weighted by molar-refractivity contribution is 0.0942. The fourth-order valence-electron chi connectivity index (χ4n) is 2.86. The Hall–Kier alpha value is -3.77. The van der Waals surface area contributed by atoms with Crippen molar-refractivity contribution >= 4 is 17.5 Å². The molecule has 0 saturated carbocycles. The van der Waals surface area contributed by atoms with Crippen molar-refractivity contribution in [3.05, 3.63) is 95.1 Å². The first kappa shape index (κ1) is 20.5. The van der Waals surface area contributed by atoms with Gasteiger partial charge in [0.15, 0.2) is 11.5 Å². The highest BCUT2D eigenvalue weighted by atomic mass is 35.5. The summed E-state index contributed by atoms with van der Waals surface area (Å²) in [5.41, 5.74) is 1.93. The summed E-state index contributed by atoms with van der Waals surface area (Å²) < 4.78 is 16.2. The average Bonchev–Trinajstić information content (AvgIpc) is 3.30. The Morgan fingerprint density at radius 2 is 1.55 bits per heavy atom. The molecule has 6 nitrogen and oxygen atoms in total. The first-order valence-corrected chi connectivity index (χ1v) is 9.90. The van der Waals surface area contributed by atoms with Gasteiger partial charge in [-0.15, -0.1) is 0 Å². The second-order valence-corrected chi connectivity index (χ2v) is 7.12. The summed E-state index contributed by atoms with van der Waals surface area (Å²) in [5.74, 6) is 2.36. The van der Waals surface area contributed by atoms with Crippen LogP contribution in [0.4, 0.5) is 0 Å². The number of methoxy groups -OCH3 is 1. The van der Waals surface area contributed by atoms with Gasteiger partial charge in [-0.1, -0.05) is 28.9 Å². The minimum Gasteiger partial charge on any atom is -0.497 e. The number of benzene rings is 3. The number of hydrogen-bond donors (Lipinski definition) is 1. The zero-order valence-electron chi connectivity index (χ0n) is 16.7. The number of nitrogens with one attached hydrogen (secondary N) is 1. The van der Waals surface area contributed by atoms with Crippen molar-refractivity contribution in [1.82, 2.24) is 10.5 Å². The lowest BCUT2D eigenvalue weighted by Gasteiger charge is -2.08. The minimum absolute atomic E-state index is 0.212. The Bertz CT molecular complexity index is 1150. The molecule has 0 spiro atoms. The Labute approximate surface area is 184 Å². The molecule has 0 aliphatic rings. The van der Waals surface area contributed by atoms with Gasteiger partial charge in [0.1, 0.15) is 17.2 Å². The molecule has 0 atom stereocenters. The number of carbonyl (C=O) groups is 1. The first-order valence-electron chi connectivity index (χ1n) is 9.52. The molecule has 1 N–H and O–H groups in total. The van der Waals surface area contributed by atoms with E-state index >= 15 is 0 Å². The molecular formula is C24H19ClN2O4. The van der Waals surface area contributed by atoms with Crippen LogP contribution in [0.5, 0.6) is 17.2 Å². The third-order valence-electron chi connectivity index (χ3n) is 4.54. The van der Waals surface area contributed by atoms with E-state index in [0.29, 0.717) is 28.8 Å². The zero-order chi connectivity index (χ0) is 21.6. The number of halogens is 1. The van der Waals surface area contributed by atoms with Crippen molar-refractivity contribution in [1.29, 1.82) is 0 Å². The highest BCUT2D eigenvalue weighted by molar-refractivity contribution is 6.30. The van der Waals surface area contributed by atoms with Gasteiger partial charge in [-0.05, 0) is 66.2 Å². The maximum atomic E-state index is 12.4. The van der Waals surface area contributed by atoms with Crippen LogP contribution in [0.25, 0.3) is 11.3 Å². The van der Waals surface area contributed by atoms with E-state index in [1.807, 2.05) is 48.5 Å². The van der Waals surface area contributed by atoms with E-state index in [-0.39, 0.29) is 11.6 Å². The summed E-state index contributed by atoms with van der Waals surface area (Å²) >= 11 is 5.89. The van der Waals surface area contributed by atoms with Crippen molar-refractivity contribution in [3.63, 3.8) is 0 Å².